The van der Waals surface area contributed by atoms with Crippen molar-refractivity contribution >= 4 is 23.0 Å². The molecule has 0 bridgehead atoms. The Morgan fingerprint density at radius 2 is 1.85 bits per heavy atom. The number of aryl methyl sites for hydroxylation is 1. The lowest BCUT2D eigenvalue weighted by molar-refractivity contribution is 0.446. The third kappa shape index (κ3) is 6.38. The Morgan fingerprint density at radius 1 is 1.15 bits per heavy atom. The van der Waals surface area contributed by atoms with Crippen LogP contribution in [0.15, 0.2) is 24.3 Å². The molecular formula is C17H28N2S. The quantitative estimate of drug-likeness (QED) is 0.676. The summed E-state index contributed by atoms with van der Waals surface area (Å²) >= 11 is 5.35. The predicted octanol–water partition coefficient (Wildman–Crippen LogP) is 4.75. The van der Waals surface area contributed by atoms with Crippen molar-refractivity contribution in [3.05, 3.63) is 29.8 Å². The first-order valence-electron chi connectivity index (χ1n) is 7.83. The summed E-state index contributed by atoms with van der Waals surface area (Å²) in [6, 6.07) is 8.45. The molecule has 0 aliphatic rings. The van der Waals surface area contributed by atoms with Gasteiger partial charge in [0.15, 0.2) is 5.11 Å². The van der Waals surface area contributed by atoms with Crippen LogP contribution in [0.3, 0.4) is 0 Å². The molecule has 0 amide bonds. The Kier molecular flexibility index (Phi) is 8.28. The van der Waals surface area contributed by atoms with Crippen LogP contribution in [0.4, 0.5) is 5.69 Å². The number of nitrogens with one attached hydrogen (secondary N) is 2. The van der Waals surface area contributed by atoms with Crippen LogP contribution in [0.5, 0.6) is 0 Å². The summed E-state index contributed by atoms with van der Waals surface area (Å²) in [6.45, 7) is 7.62. The molecule has 2 N–H and O–H groups in total. The van der Waals surface area contributed by atoms with Crippen LogP contribution in [-0.4, -0.2) is 11.7 Å². The van der Waals surface area contributed by atoms with Crippen molar-refractivity contribution in [2.45, 2.75) is 52.9 Å². The summed E-state index contributed by atoms with van der Waals surface area (Å²) in [5, 5.41) is 7.32. The molecule has 0 spiro atoms. The first kappa shape index (κ1) is 17.0. The fourth-order valence-corrected chi connectivity index (χ4v) is 2.38. The van der Waals surface area contributed by atoms with Gasteiger partial charge < -0.3 is 10.6 Å². The molecule has 20 heavy (non-hydrogen) atoms. The van der Waals surface area contributed by atoms with Gasteiger partial charge >= 0.3 is 0 Å². The highest BCUT2D eigenvalue weighted by molar-refractivity contribution is 7.80. The molecule has 1 aromatic carbocycles. The fourth-order valence-electron chi connectivity index (χ4n) is 2.18. The van der Waals surface area contributed by atoms with E-state index in [1.807, 2.05) is 0 Å². The zero-order valence-corrected chi connectivity index (χ0v) is 13.9. The molecule has 112 valence electrons. The molecule has 0 heterocycles. The zero-order valence-electron chi connectivity index (χ0n) is 13.0. The van der Waals surface area contributed by atoms with Gasteiger partial charge in [-0.1, -0.05) is 52.2 Å². The van der Waals surface area contributed by atoms with Crippen molar-refractivity contribution in [1.82, 2.24) is 5.32 Å². The largest absolute Gasteiger partial charge is 0.362 e. The number of hydrogen-bond donors (Lipinski definition) is 2. The Morgan fingerprint density at radius 3 is 2.40 bits per heavy atom. The lowest BCUT2D eigenvalue weighted by Gasteiger charge is -2.17. The molecule has 0 aromatic heterocycles. The summed E-state index contributed by atoms with van der Waals surface area (Å²) in [5.74, 6) is 0.720. The maximum Gasteiger partial charge on any atom is 0.170 e. The van der Waals surface area contributed by atoms with Gasteiger partial charge in [-0.2, -0.15) is 0 Å². The van der Waals surface area contributed by atoms with Crippen molar-refractivity contribution in [1.29, 1.82) is 0 Å². The predicted molar refractivity (Wildman–Crippen MR) is 93.3 cm³/mol. The van der Waals surface area contributed by atoms with Gasteiger partial charge in [0.2, 0.25) is 0 Å². The highest BCUT2D eigenvalue weighted by atomic mass is 32.1. The van der Waals surface area contributed by atoms with Crippen LogP contribution >= 0.6 is 12.2 Å². The van der Waals surface area contributed by atoms with Crippen molar-refractivity contribution in [3.63, 3.8) is 0 Å². The molecule has 1 aromatic rings. The number of hydrogen-bond acceptors (Lipinski definition) is 1. The van der Waals surface area contributed by atoms with Crippen molar-refractivity contribution in [2.75, 3.05) is 11.9 Å². The average molecular weight is 292 g/mol. The second-order valence-corrected chi connectivity index (χ2v) is 5.71. The third-order valence-corrected chi connectivity index (χ3v) is 3.96. The fraction of sp³-hybridized carbons (Fsp3) is 0.588. The van der Waals surface area contributed by atoms with Crippen LogP contribution in [0, 0.1) is 5.92 Å². The minimum absolute atomic E-state index is 0.720. The van der Waals surface area contributed by atoms with Gasteiger partial charge in [0.05, 0.1) is 0 Å². The van der Waals surface area contributed by atoms with Gasteiger partial charge in [-0.3, -0.25) is 0 Å². The van der Waals surface area contributed by atoms with E-state index in [1.54, 1.807) is 0 Å². The zero-order chi connectivity index (χ0) is 14.8. The summed E-state index contributed by atoms with van der Waals surface area (Å²) in [4.78, 5) is 0. The Hall–Kier alpha value is -1.09. The first-order valence-corrected chi connectivity index (χ1v) is 8.24. The van der Waals surface area contributed by atoms with Crippen LogP contribution in [0.2, 0.25) is 0 Å². The van der Waals surface area contributed by atoms with Crippen LogP contribution < -0.4 is 10.6 Å². The highest BCUT2D eigenvalue weighted by Crippen LogP contribution is 2.12. The van der Waals surface area contributed by atoms with Gasteiger partial charge in [0, 0.05) is 12.2 Å². The lowest BCUT2D eigenvalue weighted by atomic mass is 9.99. The van der Waals surface area contributed by atoms with E-state index in [1.165, 1.54) is 31.2 Å². The molecule has 0 saturated heterocycles. The molecule has 3 heteroatoms. The van der Waals surface area contributed by atoms with E-state index in [2.05, 4.69) is 55.7 Å². The minimum Gasteiger partial charge on any atom is -0.362 e. The standard InChI is InChI=1S/C17H28N2S/c1-4-7-8-15(6-3)13-18-17(20)19-16-11-9-14(5-2)10-12-16/h9-12,15H,4-8,13H2,1-3H3,(H2,18,19,20). The van der Waals surface area contributed by atoms with Crippen LogP contribution in [-0.2, 0) is 6.42 Å². The second-order valence-electron chi connectivity index (χ2n) is 5.30. The average Bonchev–Trinajstić information content (AvgIpc) is 2.48. The summed E-state index contributed by atoms with van der Waals surface area (Å²) in [7, 11) is 0. The second kappa shape index (κ2) is 9.76. The Bertz CT molecular complexity index is 386. The lowest BCUT2D eigenvalue weighted by Crippen LogP contribution is -2.32. The van der Waals surface area contributed by atoms with E-state index >= 15 is 0 Å². The molecule has 1 atom stereocenters. The maximum atomic E-state index is 5.35. The molecule has 0 aliphatic heterocycles. The van der Waals surface area contributed by atoms with Gasteiger partial charge in [-0.15, -0.1) is 0 Å². The third-order valence-electron chi connectivity index (χ3n) is 3.71. The Balaban J connectivity index is 2.34. The topological polar surface area (TPSA) is 24.1 Å². The highest BCUT2D eigenvalue weighted by Gasteiger charge is 2.06. The summed E-state index contributed by atoms with van der Waals surface area (Å²) in [5.41, 5.74) is 2.40. The van der Waals surface area contributed by atoms with Crippen molar-refractivity contribution in [2.24, 2.45) is 5.92 Å². The molecular weight excluding hydrogens is 264 g/mol. The van der Waals surface area contributed by atoms with Gasteiger partial charge in [-0.05, 0) is 48.7 Å². The molecule has 2 nitrogen and oxygen atoms in total. The van der Waals surface area contributed by atoms with Gasteiger partial charge in [0.25, 0.3) is 0 Å². The summed E-state index contributed by atoms with van der Waals surface area (Å²) in [6.07, 6.45) is 6.13. The van der Waals surface area contributed by atoms with Gasteiger partial charge in [-0.25, -0.2) is 0 Å². The minimum atomic E-state index is 0.720. The van der Waals surface area contributed by atoms with E-state index in [-0.39, 0.29) is 0 Å². The summed E-state index contributed by atoms with van der Waals surface area (Å²) < 4.78 is 0. The number of unbranched alkanes of at least 4 members (excludes halogenated alkanes) is 1. The van der Waals surface area contributed by atoms with Crippen molar-refractivity contribution < 1.29 is 0 Å². The van der Waals surface area contributed by atoms with Crippen molar-refractivity contribution in [3.8, 4) is 0 Å². The number of benzene rings is 1. The number of rotatable bonds is 8. The molecule has 1 rings (SSSR count). The normalized spacial score (nSPS) is 11.9. The molecule has 0 saturated carbocycles. The molecule has 0 aliphatic carbocycles. The SMILES string of the molecule is CCCCC(CC)CNC(=S)Nc1ccc(CC)cc1. The van der Waals surface area contributed by atoms with Crippen LogP contribution in [0.25, 0.3) is 0 Å². The van der Waals surface area contributed by atoms with E-state index in [0.717, 1.165) is 29.7 Å². The molecule has 0 radical (unpaired) electrons. The van der Waals surface area contributed by atoms with Crippen LogP contribution in [0.1, 0.15) is 52.0 Å². The van der Waals surface area contributed by atoms with E-state index in [0.29, 0.717) is 0 Å². The maximum absolute atomic E-state index is 5.35. The monoisotopic (exact) mass is 292 g/mol. The van der Waals surface area contributed by atoms with Gasteiger partial charge in [0.1, 0.15) is 0 Å². The number of anilines is 1. The smallest absolute Gasteiger partial charge is 0.170 e. The van der Waals surface area contributed by atoms with E-state index in [4.69, 9.17) is 12.2 Å². The van der Waals surface area contributed by atoms with E-state index < -0.39 is 0 Å². The Labute approximate surface area is 129 Å². The number of thiocarbonyl (C=S) groups is 1. The molecule has 1 unspecified atom stereocenters. The first-order chi connectivity index (χ1) is 9.69. The molecule has 0 fully saturated rings. The van der Waals surface area contributed by atoms with E-state index in [9.17, 15) is 0 Å².